The summed E-state index contributed by atoms with van der Waals surface area (Å²) in [6.45, 7) is 2.67. The number of hydrogen-bond donors (Lipinski definition) is 0. The van der Waals surface area contributed by atoms with Crippen molar-refractivity contribution in [3.8, 4) is 16.3 Å². The molecular weight excluding hydrogens is 370 g/mol. The van der Waals surface area contributed by atoms with Gasteiger partial charge in [-0.15, -0.1) is 11.3 Å². The van der Waals surface area contributed by atoms with Crippen molar-refractivity contribution in [2.24, 2.45) is 0 Å². The van der Waals surface area contributed by atoms with E-state index in [4.69, 9.17) is 14.5 Å². The number of nitrogens with zero attached hydrogens (tertiary/aromatic N) is 1. The Kier molecular flexibility index (Phi) is 6.32. The highest BCUT2D eigenvalue weighted by molar-refractivity contribution is 7.90. The molecule has 1 aliphatic rings. The van der Waals surface area contributed by atoms with Gasteiger partial charge in [-0.3, -0.25) is 0 Å². The Hall–Kier alpha value is -1.44. The van der Waals surface area contributed by atoms with Crippen LogP contribution in [0.3, 0.4) is 0 Å². The SMILES string of the molecule is CCOCOc1nc(C2CCCCC2)sc1-c1ccc(S(C)(=O)=O)cc1. The molecule has 0 N–H and O–H groups in total. The Morgan fingerprint density at radius 3 is 2.46 bits per heavy atom. The molecule has 0 amide bonds. The van der Waals surface area contributed by atoms with E-state index in [0.29, 0.717) is 23.3 Å². The molecule has 1 saturated carbocycles. The molecule has 0 saturated heterocycles. The fraction of sp³-hybridized carbons (Fsp3) is 0.526. The highest BCUT2D eigenvalue weighted by Gasteiger charge is 2.23. The van der Waals surface area contributed by atoms with Gasteiger partial charge >= 0.3 is 0 Å². The van der Waals surface area contributed by atoms with Gasteiger partial charge < -0.3 is 9.47 Å². The average molecular weight is 396 g/mol. The zero-order valence-electron chi connectivity index (χ0n) is 15.2. The van der Waals surface area contributed by atoms with Crippen LogP contribution in [0.15, 0.2) is 29.2 Å². The summed E-state index contributed by atoms with van der Waals surface area (Å²) in [5.41, 5.74) is 0.920. The van der Waals surface area contributed by atoms with Gasteiger partial charge in [-0.05, 0) is 37.5 Å². The highest BCUT2D eigenvalue weighted by atomic mass is 32.2. The largest absolute Gasteiger partial charge is 0.449 e. The minimum absolute atomic E-state index is 0.165. The predicted octanol–water partition coefficient (Wildman–Crippen LogP) is 4.63. The number of thiazole rings is 1. The van der Waals surface area contributed by atoms with Gasteiger partial charge in [0.25, 0.3) is 0 Å². The molecule has 3 rings (SSSR count). The first-order valence-electron chi connectivity index (χ1n) is 9.00. The van der Waals surface area contributed by atoms with E-state index in [0.717, 1.165) is 15.4 Å². The second-order valence-electron chi connectivity index (χ2n) is 6.57. The van der Waals surface area contributed by atoms with Crippen LogP contribution in [-0.2, 0) is 14.6 Å². The molecule has 0 unspecified atom stereocenters. The molecule has 5 nitrogen and oxygen atoms in total. The van der Waals surface area contributed by atoms with Crippen molar-refractivity contribution in [3.63, 3.8) is 0 Å². The summed E-state index contributed by atoms with van der Waals surface area (Å²) in [7, 11) is -3.20. The van der Waals surface area contributed by atoms with Crippen molar-refractivity contribution in [2.45, 2.75) is 49.8 Å². The van der Waals surface area contributed by atoms with Gasteiger partial charge in [0.15, 0.2) is 16.6 Å². The minimum Gasteiger partial charge on any atom is -0.449 e. The molecule has 0 atom stereocenters. The van der Waals surface area contributed by atoms with Crippen molar-refractivity contribution < 1.29 is 17.9 Å². The van der Waals surface area contributed by atoms with E-state index in [1.807, 2.05) is 19.1 Å². The van der Waals surface area contributed by atoms with Crippen LogP contribution in [0.1, 0.15) is 50.0 Å². The van der Waals surface area contributed by atoms with Crippen LogP contribution >= 0.6 is 11.3 Å². The van der Waals surface area contributed by atoms with Crippen molar-refractivity contribution in [2.75, 3.05) is 19.7 Å². The second-order valence-corrected chi connectivity index (χ2v) is 9.62. The van der Waals surface area contributed by atoms with Gasteiger partial charge in [0.2, 0.25) is 5.88 Å². The molecule has 0 aliphatic heterocycles. The summed E-state index contributed by atoms with van der Waals surface area (Å²) in [6.07, 6.45) is 7.35. The maximum atomic E-state index is 11.7. The summed E-state index contributed by atoms with van der Waals surface area (Å²) in [5, 5.41) is 1.11. The molecule has 1 aromatic heterocycles. The lowest BCUT2D eigenvalue weighted by atomic mass is 9.90. The quantitative estimate of drug-likeness (QED) is 0.505. The first kappa shape index (κ1) is 19.3. The number of rotatable bonds is 7. The molecule has 142 valence electrons. The van der Waals surface area contributed by atoms with E-state index in [1.165, 1.54) is 38.4 Å². The summed E-state index contributed by atoms with van der Waals surface area (Å²) >= 11 is 1.65. The molecule has 1 aromatic carbocycles. The van der Waals surface area contributed by atoms with Crippen LogP contribution in [0, 0.1) is 0 Å². The molecule has 7 heteroatoms. The zero-order valence-corrected chi connectivity index (χ0v) is 16.9. The number of sulfone groups is 1. The summed E-state index contributed by atoms with van der Waals surface area (Å²) in [4.78, 5) is 6.00. The third-order valence-corrected chi connectivity index (χ3v) is 6.97. The first-order chi connectivity index (χ1) is 12.5. The Labute approximate surface area is 159 Å². The number of hydrogen-bond acceptors (Lipinski definition) is 6. The molecular formula is C19H25NO4S2. The fourth-order valence-electron chi connectivity index (χ4n) is 3.16. The highest BCUT2D eigenvalue weighted by Crippen LogP contribution is 2.42. The molecule has 26 heavy (non-hydrogen) atoms. The van der Waals surface area contributed by atoms with Gasteiger partial charge in [-0.2, -0.15) is 0 Å². The van der Waals surface area contributed by atoms with E-state index in [-0.39, 0.29) is 6.79 Å². The second kappa shape index (κ2) is 8.50. The lowest BCUT2D eigenvalue weighted by Gasteiger charge is -2.18. The van der Waals surface area contributed by atoms with Gasteiger partial charge in [-0.25, -0.2) is 13.4 Å². The van der Waals surface area contributed by atoms with E-state index in [2.05, 4.69) is 0 Å². The Bertz CT molecular complexity index is 822. The van der Waals surface area contributed by atoms with Crippen LogP contribution < -0.4 is 4.74 Å². The van der Waals surface area contributed by atoms with Crippen LogP contribution in [0.25, 0.3) is 10.4 Å². The lowest BCUT2D eigenvalue weighted by molar-refractivity contribution is 0.0203. The van der Waals surface area contributed by atoms with E-state index < -0.39 is 9.84 Å². The first-order valence-corrected chi connectivity index (χ1v) is 11.7. The summed E-state index contributed by atoms with van der Waals surface area (Å²) < 4.78 is 34.4. The number of ether oxygens (including phenoxy) is 2. The Morgan fingerprint density at radius 1 is 1.15 bits per heavy atom. The number of benzene rings is 1. The monoisotopic (exact) mass is 395 g/mol. The fourth-order valence-corrected chi connectivity index (χ4v) is 4.98. The maximum Gasteiger partial charge on any atom is 0.234 e. The molecule has 0 radical (unpaired) electrons. The molecule has 1 aliphatic carbocycles. The average Bonchev–Trinajstić information content (AvgIpc) is 3.06. The molecule has 0 bridgehead atoms. The zero-order chi connectivity index (χ0) is 18.6. The van der Waals surface area contributed by atoms with Gasteiger partial charge in [0.1, 0.15) is 5.01 Å². The summed E-state index contributed by atoms with van der Waals surface area (Å²) in [5.74, 6) is 1.07. The van der Waals surface area contributed by atoms with Gasteiger partial charge in [0.05, 0.1) is 9.77 Å². The van der Waals surface area contributed by atoms with Crippen LogP contribution in [0.4, 0.5) is 0 Å². The smallest absolute Gasteiger partial charge is 0.234 e. The minimum atomic E-state index is -3.20. The van der Waals surface area contributed by atoms with E-state index >= 15 is 0 Å². The van der Waals surface area contributed by atoms with Crippen LogP contribution in [-0.4, -0.2) is 33.1 Å². The van der Waals surface area contributed by atoms with Crippen molar-refractivity contribution in [1.29, 1.82) is 0 Å². The van der Waals surface area contributed by atoms with Crippen molar-refractivity contribution in [3.05, 3.63) is 29.3 Å². The standard InChI is InChI=1S/C19H25NO4S2/c1-3-23-13-24-18-17(14-9-11-16(12-10-14)26(2,21)22)25-19(20-18)15-7-5-4-6-8-15/h9-12,15H,3-8,13H2,1-2H3. The van der Waals surface area contributed by atoms with Crippen LogP contribution in [0.2, 0.25) is 0 Å². The van der Waals surface area contributed by atoms with Gasteiger partial charge in [0, 0.05) is 18.8 Å². The van der Waals surface area contributed by atoms with E-state index in [1.54, 1.807) is 23.5 Å². The predicted molar refractivity (Wildman–Crippen MR) is 104 cm³/mol. The topological polar surface area (TPSA) is 65.5 Å². The maximum absolute atomic E-state index is 11.7. The summed E-state index contributed by atoms with van der Waals surface area (Å²) in [6, 6.07) is 6.91. The van der Waals surface area contributed by atoms with Crippen molar-refractivity contribution in [1.82, 2.24) is 4.98 Å². The Balaban J connectivity index is 1.91. The third-order valence-electron chi connectivity index (χ3n) is 4.59. The van der Waals surface area contributed by atoms with Crippen LogP contribution in [0.5, 0.6) is 5.88 Å². The van der Waals surface area contributed by atoms with Crippen molar-refractivity contribution >= 4 is 21.2 Å². The third kappa shape index (κ3) is 4.64. The number of aromatic nitrogens is 1. The molecule has 0 spiro atoms. The van der Waals surface area contributed by atoms with Gasteiger partial charge in [-0.1, -0.05) is 31.4 Å². The van der Waals surface area contributed by atoms with E-state index in [9.17, 15) is 8.42 Å². The Morgan fingerprint density at radius 2 is 1.85 bits per heavy atom. The molecule has 1 fully saturated rings. The normalized spacial score (nSPS) is 15.9. The molecule has 2 aromatic rings. The lowest BCUT2D eigenvalue weighted by Crippen LogP contribution is -2.05. The molecule has 1 heterocycles.